The zero-order valence-corrected chi connectivity index (χ0v) is 12.0. The molecular weight excluding hydrogens is 227 g/mol. The molecule has 0 radical (unpaired) electrons. The molecule has 0 aliphatic carbocycles. The SMILES string of the molecule is CCNCc1ccc(N(CC)CC(C)C)c(F)c1. The fourth-order valence-corrected chi connectivity index (χ4v) is 2.02. The first kappa shape index (κ1) is 15.0. The standard InChI is InChI=1S/C15H25FN2/c1-5-17-10-13-7-8-15(14(16)9-13)18(6-2)11-12(3)4/h7-9,12,17H,5-6,10-11H2,1-4H3. The molecule has 0 saturated carbocycles. The summed E-state index contributed by atoms with van der Waals surface area (Å²) in [6.07, 6.45) is 0. The maximum absolute atomic E-state index is 14.1. The van der Waals surface area contributed by atoms with Crippen LogP contribution in [0.2, 0.25) is 0 Å². The Kier molecular flexibility index (Phi) is 6.13. The molecule has 1 aromatic rings. The minimum absolute atomic E-state index is 0.118. The molecule has 3 heteroatoms. The average molecular weight is 252 g/mol. The molecule has 0 aliphatic heterocycles. The van der Waals surface area contributed by atoms with Crippen molar-refractivity contribution in [2.75, 3.05) is 24.5 Å². The van der Waals surface area contributed by atoms with Gasteiger partial charge in [0.2, 0.25) is 0 Å². The van der Waals surface area contributed by atoms with E-state index in [1.165, 1.54) is 0 Å². The molecule has 0 atom stereocenters. The van der Waals surface area contributed by atoms with Crippen LogP contribution in [-0.4, -0.2) is 19.6 Å². The van der Waals surface area contributed by atoms with Crippen molar-refractivity contribution in [3.63, 3.8) is 0 Å². The Hall–Kier alpha value is -1.09. The predicted octanol–water partition coefficient (Wildman–Crippen LogP) is 3.42. The van der Waals surface area contributed by atoms with E-state index >= 15 is 0 Å². The van der Waals surface area contributed by atoms with E-state index in [2.05, 4.69) is 31.0 Å². The first-order chi connectivity index (χ1) is 8.58. The van der Waals surface area contributed by atoms with Crippen molar-refractivity contribution < 1.29 is 4.39 Å². The highest BCUT2D eigenvalue weighted by Crippen LogP contribution is 2.21. The second-order valence-corrected chi connectivity index (χ2v) is 5.00. The Morgan fingerprint density at radius 3 is 2.50 bits per heavy atom. The summed E-state index contributed by atoms with van der Waals surface area (Å²) in [5, 5.41) is 3.21. The number of nitrogens with one attached hydrogen (secondary N) is 1. The van der Waals surface area contributed by atoms with E-state index in [9.17, 15) is 4.39 Å². The molecule has 0 spiro atoms. The van der Waals surface area contributed by atoms with Crippen LogP contribution in [0.1, 0.15) is 33.3 Å². The van der Waals surface area contributed by atoms with E-state index in [0.29, 0.717) is 11.6 Å². The van der Waals surface area contributed by atoms with Crippen molar-refractivity contribution in [3.8, 4) is 0 Å². The maximum atomic E-state index is 14.1. The van der Waals surface area contributed by atoms with E-state index in [1.807, 2.05) is 19.1 Å². The summed E-state index contributed by atoms with van der Waals surface area (Å²) in [5.74, 6) is 0.415. The highest BCUT2D eigenvalue weighted by molar-refractivity contribution is 5.49. The van der Waals surface area contributed by atoms with E-state index < -0.39 is 0 Å². The lowest BCUT2D eigenvalue weighted by molar-refractivity contribution is 0.584. The molecule has 0 saturated heterocycles. The first-order valence-corrected chi connectivity index (χ1v) is 6.82. The summed E-state index contributed by atoms with van der Waals surface area (Å²) in [4.78, 5) is 2.09. The van der Waals surface area contributed by atoms with Crippen LogP contribution in [0.3, 0.4) is 0 Å². The van der Waals surface area contributed by atoms with Gasteiger partial charge in [0.25, 0.3) is 0 Å². The first-order valence-electron chi connectivity index (χ1n) is 6.82. The monoisotopic (exact) mass is 252 g/mol. The zero-order valence-electron chi connectivity index (χ0n) is 12.0. The highest BCUT2D eigenvalue weighted by Gasteiger charge is 2.11. The van der Waals surface area contributed by atoms with Gasteiger partial charge >= 0.3 is 0 Å². The van der Waals surface area contributed by atoms with Crippen LogP contribution in [-0.2, 0) is 6.54 Å². The predicted molar refractivity (Wildman–Crippen MR) is 76.5 cm³/mol. The minimum atomic E-state index is -0.118. The minimum Gasteiger partial charge on any atom is -0.369 e. The molecule has 0 fully saturated rings. The molecule has 0 unspecified atom stereocenters. The summed E-state index contributed by atoms with van der Waals surface area (Å²) >= 11 is 0. The molecule has 1 rings (SSSR count). The molecule has 0 bridgehead atoms. The van der Waals surface area contributed by atoms with Crippen LogP contribution in [0.25, 0.3) is 0 Å². The number of halogens is 1. The third-order valence-corrected chi connectivity index (χ3v) is 2.90. The van der Waals surface area contributed by atoms with Gasteiger partial charge in [-0.05, 0) is 37.1 Å². The quantitative estimate of drug-likeness (QED) is 0.800. The summed E-state index contributed by atoms with van der Waals surface area (Å²) in [6, 6.07) is 5.54. The summed E-state index contributed by atoms with van der Waals surface area (Å²) in [6.45, 7) is 11.8. The van der Waals surface area contributed by atoms with Gasteiger partial charge in [-0.25, -0.2) is 4.39 Å². The second kappa shape index (κ2) is 7.37. The maximum Gasteiger partial charge on any atom is 0.146 e. The van der Waals surface area contributed by atoms with Gasteiger partial charge in [0.1, 0.15) is 5.82 Å². The molecule has 1 N–H and O–H groups in total. The number of hydrogen-bond acceptors (Lipinski definition) is 2. The van der Waals surface area contributed by atoms with E-state index in [1.54, 1.807) is 6.07 Å². The number of benzene rings is 1. The lowest BCUT2D eigenvalue weighted by Gasteiger charge is -2.25. The summed E-state index contributed by atoms with van der Waals surface area (Å²) < 4.78 is 14.1. The topological polar surface area (TPSA) is 15.3 Å². The number of hydrogen-bond donors (Lipinski definition) is 1. The summed E-state index contributed by atoms with van der Waals surface area (Å²) in [5.41, 5.74) is 1.71. The Balaban J connectivity index is 2.82. The second-order valence-electron chi connectivity index (χ2n) is 5.00. The van der Waals surface area contributed by atoms with Crippen molar-refractivity contribution in [2.45, 2.75) is 34.2 Å². The Labute approximate surface area is 110 Å². The Morgan fingerprint density at radius 1 is 1.28 bits per heavy atom. The molecule has 102 valence electrons. The van der Waals surface area contributed by atoms with Crippen LogP contribution in [0, 0.1) is 11.7 Å². The van der Waals surface area contributed by atoms with Gasteiger partial charge in [-0.3, -0.25) is 0 Å². The number of rotatable bonds is 7. The third-order valence-electron chi connectivity index (χ3n) is 2.90. The molecule has 0 aromatic heterocycles. The van der Waals surface area contributed by atoms with Gasteiger partial charge in [0.05, 0.1) is 5.69 Å². The number of anilines is 1. The van der Waals surface area contributed by atoms with E-state index in [-0.39, 0.29) is 5.82 Å². The normalized spacial score (nSPS) is 11.0. The molecule has 0 amide bonds. The van der Waals surface area contributed by atoms with Crippen LogP contribution in [0.5, 0.6) is 0 Å². The molecule has 0 aliphatic rings. The zero-order chi connectivity index (χ0) is 13.5. The number of nitrogens with zero attached hydrogens (tertiary/aromatic N) is 1. The van der Waals surface area contributed by atoms with Crippen LogP contribution >= 0.6 is 0 Å². The summed E-state index contributed by atoms with van der Waals surface area (Å²) in [7, 11) is 0. The Morgan fingerprint density at radius 2 is 2.00 bits per heavy atom. The van der Waals surface area contributed by atoms with Gasteiger partial charge in [-0.1, -0.05) is 26.8 Å². The fourth-order valence-electron chi connectivity index (χ4n) is 2.02. The van der Waals surface area contributed by atoms with Gasteiger partial charge in [0.15, 0.2) is 0 Å². The largest absolute Gasteiger partial charge is 0.369 e. The van der Waals surface area contributed by atoms with Gasteiger partial charge in [0, 0.05) is 19.6 Å². The van der Waals surface area contributed by atoms with Gasteiger partial charge < -0.3 is 10.2 Å². The molecule has 0 heterocycles. The lowest BCUT2D eigenvalue weighted by atomic mass is 10.1. The van der Waals surface area contributed by atoms with E-state index in [4.69, 9.17) is 0 Å². The van der Waals surface area contributed by atoms with Gasteiger partial charge in [-0.15, -0.1) is 0 Å². The third kappa shape index (κ3) is 4.30. The van der Waals surface area contributed by atoms with Crippen molar-refractivity contribution in [1.82, 2.24) is 5.32 Å². The smallest absolute Gasteiger partial charge is 0.146 e. The highest BCUT2D eigenvalue weighted by atomic mass is 19.1. The van der Waals surface area contributed by atoms with E-state index in [0.717, 1.165) is 31.7 Å². The molecule has 18 heavy (non-hydrogen) atoms. The van der Waals surface area contributed by atoms with Crippen molar-refractivity contribution >= 4 is 5.69 Å². The Bertz CT molecular complexity index is 364. The average Bonchev–Trinajstić information content (AvgIpc) is 2.33. The van der Waals surface area contributed by atoms with Crippen LogP contribution < -0.4 is 10.2 Å². The van der Waals surface area contributed by atoms with Gasteiger partial charge in [-0.2, -0.15) is 0 Å². The molecule has 2 nitrogen and oxygen atoms in total. The van der Waals surface area contributed by atoms with Crippen LogP contribution in [0.4, 0.5) is 10.1 Å². The molecule has 1 aromatic carbocycles. The van der Waals surface area contributed by atoms with Crippen molar-refractivity contribution in [1.29, 1.82) is 0 Å². The van der Waals surface area contributed by atoms with Crippen LogP contribution in [0.15, 0.2) is 18.2 Å². The lowest BCUT2D eigenvalue weighted by Crippen LogP contribution is -2.28. The van der Waals surface area contributed by atoms with Crippen molar-refractivity contribution in [3.05, 3.63) is 29.6 Å². The van der Waals surface area contributed by atoms with Crippen molar-refractivity contribution in [2.24, 2.45) is 5.92 Å². The fraction of sp³-hybridized carbons (Fsp3) is 0.600. The molecular formula is C15H25FN2.